The molecule has 2 heterocycles. The van der Waals surface area contributed by atoms with Gasteiger partial charge >= 0.3 is 17.9 Å². The lowest BCUT2D eigenvalue weighted by molar-refractivity contribution is -0.143. The fraction of sp³-hybridized carbons (Fsp3) is 0.320. The van der Waals surface area contributed by atoms with Gasteiger partial charge in [-0.2, -0.15) is 9.97 Å². The molecule has 0 radical (unpaired) electrons. The zero-order valence-corrected chi connectivity index (χ0v) is 21.7. The molecule has 0 saturated heterocycles. The van der Waals surface area contributed by atoms with Gasteiger partial charge in [0.25, 0.3) is 5.91 Å². The number of rotatable bonds is 15. The lowest BCUT2D eigenvalue weighted by Gasteiger charge is -2.16. The van der Waals surface area contributed by atoms with E-state index in [-0.39, 0.29) is 30.2 Å². The quantitative estimate of drug-likeness (QED) is 0.118. The Morgan fingerprint density at radius 1 is 0.878 bits per heavy atom. The van der Waals surface area contributed by atoms with Crippen molar-refractivity contribution in [2.75, 3.05) is 23.3 Å². The minimum atomic E-state index is -1.43. The molecular formula is C25H30N8O8. The van der Waals surface area contributed by atoms with Crippen LogP contribution in [0.3, 0.4) is 0 Å². The number of hydrogen-bond donors (Lipinski definition) is 9. The lowest BCUT2D eigenvalue weighted by Crippen LogP contribution is -2.44. The van der Waals surface area contributed by atoms with Gasteiger partial charge in [0.1, 0.15) is 23.5 Å². The molecule has 0 bridgehead atoms. The number of hydrogen-bond acceptors (Lipinski definition) is 10. The summed E-state index contributed by atoms with van der Waals surface area (Å²) in [4.78, 5) is 69.4. The molecular weight excluding hydrogens is 540 g/mol. The van der Waals surface area contributed by atoms with Gasteiger partial charge in [-0.25, -0.2) is 9.59 Å². The Bertz CT molecular complexity index is 1440. The maximum absolute atomic E-state index is 12.6. The molecule has 16 nitrogen and oxygen atoms in total. The van der Waals surface area contributed by atoms with Crippen LogP contribution in [0.4, 0.5) is 17.5 Å². The molecule has 0 aliphatic rings. The summed E-state index contributed by atoms with van der Waals surface area (Å²) in [6.45, 7) is 0.518. The molecule has 218 valence electrons. The number of nitrogens with one attached hydrogen (secondary N) is 4. The first kappa shape index (κ1) is 30.1. The summed E-state index contributed by atoms with van der Waals surface area (Å²) in [5.74, 6) is -5.13. The molecule has 0 spiro atoms. The Balaban J connectivity index is 1.50. The molecule has 16 heteroatoms. The molecule has 3 rings (SSSR count). The van der Waals surface area contributed by atoms with E-state index in [1.807, 2.05) is 0 Å². The summed E-state index contributed by atoms with van der Waals surface area (Å²) in [5.41, 5.74) is 13.9. The Kier molecular flexibility index (Phi) is 9.99. The number of fused-ring (bicyclic) bond motifs is 1. The number of carboxylic acid groups (broad SMARTS) is 3. The second-order valence-corrected chi connectivity index (χ2v) is 9.05. The molecule has 41 heavy (non-hydrogen) atoms. The average Bonchev–Trinajstić information content (AvgIpc) is 3.31. The molecule has 11 N–H and O–H groups in total. The smallest absolute Gasteiger partial charge is 0.326 e. The topological polar surface area (TPSA) is 276 Å². The van der Waals surface area contributed by atoms with Gasteiger partial charge in [-0.1, -0.05) is 0 Å². The molecule has 0 aliphatic carbocycles. The van der Waals surface area contributed by atoms with Crippen LogP contribution < -0.4 is 27.4 Å². The zero-order valence-electron chi connectivity index (χ0n) is 21.7. The third-order valence-corrected chi connectivity index (χ3v) is 6.07. The summed E-state index contributed by atoms with van der Waals surface area (Å²) < 4.78 is 0. The largest absolute Gasteiger partial charge is 0.481 e. The maximum atomic E-state index is 12.6. The highest BCUT2D eigenvalue weighted by Gasteiger charge is 2.24. The van der Waals surface area contributed by atoms with Crippen molar-refractivity contribution in [1.82, 2.24) is 25.6 Å². The van der Waals surface area contributed by atoms with Crippen molar-refractivity contribution in [3.05, 3.63) is 41.6 Å². The van der Waals surface area contributed by atoms with Crippen LogP contribution in [0.2, 0.25) is 0 Å². The first-order valence-corrected chi connectivity index (χ1v) is 12.4. The molecule has 1 aromatic carbocycles. The minimum absolute atomic E-state index is 0.0738. The Morgan fingerprint density at radius 2 is 1.51 bits per heavy atom. The number of H-pyrrole nitrogens is 1. The van der Waals surface area contributed by atoms with Crippen LogP contribution in [0.15, 0.2) is 30.5 Å². The van der Waals surface area contributed by atoms with E-state index in [0.717, 1.165) is 5.56 Å². The van der Waals surface area contributed by atoms with Gasteiger partial charge in [0.05, 0.1) is 5.39 Å². The number of nitrogens with two attached hydrogens (primary N) is 2. The first-order valence-electron chi connectivity index (χ1n) is 12.4. The number of nitrogens with zero attached hydrogens (tertiary/aromatic N) is 2. The fourth-order valence-corrected chi connectivity index (χ4v) is 3.99. The standard InChI is InChI=1S/C25H30N8O8/c26-20-19-13(11-29-21(19)33-25(27)32-20)9-10-28-14-3-1-12(2-4-14)22(37)31-16(24(40)41)5-7-17(34)30-15(23(38)39)6-8-18(35)36/h1-4,11,15-16,28H,5-10H2,(H,30,34)(H,31,37)(H,35,36)(H,38,39)(H,40,41)(H5,26,27,29,32,33)/t15-,16-/m0/s1. The number of amides is 2. The van der Waals surface area contributed by atoms with Gasteiger partial charge in [-0.3, -0.25) is 14.4 Å². The predicted octanol–water partition coefficient (Wildman–Crippen LogP) is 0.174. The van der Waals surface area contributed by atoms with Gasteiger partial charge in [-0.05, 0) is 49.1 Å². The van der Waals surface area contributed by atoms with Crippen LogP contribution >= 0.6 is 0 Å². The van der Waals surface area contributed by atoms with Crippen molar-refractivity contribution in [3.8, 4) is 0 Å². The molecule has 0 unspecified atom stereocenters. The predicted molar refractivity (Wildman–Crippen MR) is 146 cm³/mol. The second kappa shape index (κ2) is 13.6. The van der Waals surface area contributed by atoms with Crippen LogP contribution in [0.25, 0.3) is 11.0 Å². The van der Waals surface area contributed by atoms with Crippen molar-refractivity contribution in [1.29, 1.82) is 0 Å². The molecule has 2 amide bonds. The van der Waals surface area contributed by atoms with Gasteiger partial charge in [-0.15, -0.1) is 0 Å². The number of carboxylic acids is 3. The fourth-order valence-electron chi connectivity index (χ4n) is 3.99. The number of aliphatic carboxylic acids is 3. The zero-order chi connectivity index (χ0) is 30.1. The summed E-state index contributed by atoms with van der Waals surface area (Å²) in [6, 6.07) is 3.45. The second-order valence-electron chi connectivity index (χ2n) is 9.05. The van der Waals surface area contributed by atoms with Gasteiger partial charge in [0.2, 0.25) is 11.9 Å². The van der Waals surface area contributed by atoms with E-state index in [2.05, 4.69) is 30.9 Å². The molecule has 0 fully saturated rings. The van der Waals surface area contributed by atoms with Gasteiger partial charge in [0.15, 0.2) is 0 Å². The third-order valence-electron chi connectivity index (χ3n) is 6.07. The van der Waals surface area contributed by atoms with Crippen molar-refractivity contribution in [3.63, 3.8) is 0 Å². The number of carbonyl (C=O) groups excluding carboxylic acids is 2. The number of benzene rings is 1. The van der Waals surface area contributed by atoms with Crippen LogP contribution in [0.1, 0.15) is 41.6 Å². The Labute approximate surface area is 232 Å². The summed E-state index contributed by atoms with van der Waals surface area (Å²) in [5, 5.41) is 35.7. The van der Waals surface area contributed by atoms with Gasteiger partial charge in [0, 0.05) is 36.8 Å². The van der Waals surface area contributed by atoms with Crippen molar-refractivity contribution in [2.45, 2.75) is 44.2 Å². The SMILES string of the molecule is Nc1nc(N)c2c(CCNc3ccc(C(=O)N[C@@H](CCC(=O)N[C@@H](CCC(=O)O)C(=O)O)C(=O)O)cc3)c[nH]c2n1. The normalized spacial score (nSPS) is 12.3. The highest BCUT2D eigenvalue weighted by molar-refractivity contribution is 5.97. The Hall–Kier alpha value is -5.41. The average molecular weight is 571 g/mol. The van der Waals surface area contributed by atoms with Crippen LogP contribution in [0.5, 0.6) is 0 Å². The monoisotopic (exact) mass is 570 g/mol. The van der Waals surface area contributed by atoms with E-state index in [0.29, 0.717) is 29.7 Å². The Morgan fingerprint density at radius 3 is 2.15 bits per heavy atom. The van der Waals surface area contributed by atoms with Crippen molar-refractivity contribution < 1.29 is 39.3 Å². The van der Waals surface area contributed by atoms with E-state index in [4.69, 9.17) is 21.7 Å². The van der Waals surface area contributed by atoms with Gasteiger partial charge < -0.3 is 47.7 Å². The van der Waals surface area contributed by atoms with Crippen LogP contribution in [0, 0.1) is 0 Å². The highest BCUT2D eigenvalue weighted by Crippen LogP contribution is 2.23. The maximum Gasteiger partial charge on any atom is 0.326 e. The molecule has 0 aliphatic heterocycles. The summed E-state index contributed by atoms with van der Waals surface area (Å²) in [7, 11) is 0. The van der Waals surface area contributed by atoms with E-state index < -0.39 is 54.6 Å². The first-order chi connectivity index (χ1) is 19.4. The van der Waals surface area contributed by atoms with E-state index in [1.165, 1.54) is 12.1 Å². The van der Waals surface area contributed by atoms with E-state index in [1.54, 1.807) is 18.3 Å². The summed E-state index contributed by atoms with van der Waals surface area (Å²) >= 11 is 0. The van der Waals surface area contributed by atoms with E-state index >= 15 is 0 Å². The van der Waals surface area contributed by atoms with Crippen molar-refractivity contribution >= 4 is 58.2 Å². The van der Waals surface area contributed by atoms with Crippen LogP contribution in [-0.2, 0) is 25.6 Å². The number of aromatic nitrogens is 3. The number of aromatic amines is 1. The van der Waals surface area contributed by atoms with E-state index in [9.17, 15) is 29.1 Å². The van der Waals surface area contributed by atoms with Crippen molar-refractivity contribution in [2.24, 2.45) is 0 Å². The number of carbonyl (C=O) groups is 5. The molecule has 2 aromatic heterocycles. The number of nitrogen functional groups attached to an aromatic ring is 2. The highest BCUT2D eigenvalue weighted by atomic mass is 16.4. The molecule has 0 saturated carbocycles. The summed E-state index contributed by atoms with van der Waals surface area (Å²) in [6.07, 6.45) is 0.843. The number of anilines is 3. The minimum Gasteiger partial charge on any atom is -0.481 e. The third kappa shape index (κ3) is 8.54. The van der Waals surface area contributed by atoms with Crippen LogP contribution in [-0.4, -0.2) is 78.6 Å². The molecule has 2 atom stereocenters. The molecule has 3 aromatic rings. The lowest BCUT2D eigenvalue weighted by atomic mass is 10.1.